The number of methoxy groups -OCH3 is 1. The lowest BCUT2D eigenvalue weighted by Gasteiger charge is -2.35. The van der Waals surface area contributed by atoms with Crippen molar-refractivity contribution in [3.63, 3.8) is 0 Å². The second-order valence-electron chi connectivity index (χ2n) is 9.06. The van der Waals surface area contributed by atoms with Crippen LogP contribution in [-0.2, 0) is 0 Å². The fourth-order valence-corrected chi connectivity index (χ4v) is 4.91. The average molecular weight is 455 g/mol. The van der Waals surface area contributed by atoms with E-state index in [-0.39, 0.29) is 11.3 Å². The Morgan fingerprint density at radius 2 is 1.76 bits per heavy atom. The molecule has 3 aromatic rings. The van der Waals surface area contributed by atoms with Gasteiger partial charge in [0.2, 0.25) is 0 Å². The van der Waals surface area contributed by atoms with Crippen molar-refractivity contribution < 1.29 is 19.8 Å². The van der Waals surface area contributed by atoms with E-state index in [1.54, 1.807) is 19.2 Å². The van der Waals surface area contributed by atoms with Crippen LogP contribution in [0.25, 0.3) is 28.5 Å². The molecular weight excluding hydrogens is 428 g/mol. The van der Waals surface area contributed by atoms with Gasteiger partial charge in [0.15, 0.2) is 11.5 Å². The Labute approximate surface area is 198 Å². The van der Waals surface area contributed by atoms with Gasteiger partial charge in [0.05, 0.1) is 24.4 Å². The van der Waals surface area contributed by atoms with Crippen LogP contribution in [-0.4, -0.2) is 29.2 Å². The van der Waals surface area contributed by atoms with Gasteiger partial charge in [-0.25, -0.2) is 0 Å². The van der Waals surface area contributed by atoms with E-state index in [4.69, 9.17) is 14.7 Å². The standard InChI is InChI=1S/C28H26N2O4/c1-16-14-28(2,3)30-20-10-9-19-25(24(16)20)23(13-17-7-5-6-8-18(17)15-29-32)34-22-12-11-21(31)27(33-4)26(19)22/h5-15,30-32H,1-4H3/b23-13-,29-15?. The average Bonchev–Trinajstić information content (AvgIpc) is 2.79. The molecule has 0 aliphatic carbocycles. The van der Waals surface area contributed by atoms with Crippen molar-refractivity contribution in [2.75, 3.05) is 12.4 Å². The summed E-state index contributed by atoms with van der Waals surface area (Å²) in [6.45, 7) is 6.36. The highest BCUT2D eigenvalue weighted by Crippen LogP contribution is 2.54. The van der Waals surface area contributed by atoms with E-state index in [0.717, 1.165) is 39.1 Å². The fourth-order valence-electron chi connectivity index (χ4n) is 4.91. The summed E-state index contributed by atoms with van der Waals surface area (Å²) in [4.78, 5) is 0. The molecule has 5 rings (SSSR count). The number of allylic oxidation sites excluding steroid dienone is 1. The second kappa shape index (κ2) is 7.99. The van der Waals surface area contributed by atoms with Gasteiger partial charge in [0.25, 0.3) is 0 Å². The first-order valence-corrected chi connectivity index (χ1v) is 11.0. The summed E-state index contributed by atoms with van der Waals surface area (Å²) in [5.74, 6) is 1.67. The van der Waals surface area contributed by atoms with Crippen LogP contribution in [0, 0.1) is 0 Å². The Kier molecular flexibility index (Phi) is 5.09. The molecule has 0 saturated heterocycles. The molecule has 0 fully saturated rings. The molecule has 6 nitrogen and oxygen atoms in total. The number of benzene rings is 3. The second-order valence-corrected chi connectivity index (χ2v) is 9.06. The van der Waals surface area contributed by atoms with E-state index in [0.29, 0.717) is 22.8 Å². The topological polar surface area (TPSA) is 83.3 Å². The van der Waals surface area contributed by atoms with E-state index in [2.05, 4.69) is 43.4 Å². The first-order valence-electron chi connectivity index (χ1n) is 11.0. The van der Waals surface area contributed by atoms with E-state index < -0.39 is 0 Å². The van der Waals surface area contributed by atoms with Crippen molar-refractivity contribution in [1.29, 1.82) is 0 Å². The number of anilines is 1. The third-order valence-corrected chi connectivity index (χ3v) is 6.15. The zero-order valence-corrected chi connectivity index (χ0v) is 19.5. The van der Waals surface area contributed by atoms with Gasteiger partial charge in [-0.05, 0) is 56.2 Å². The maximum Gasteiger partial charge on any atom is 0.172 e. The molecule has 0 amide bonds. The van der Waals surface area contributed by atoms with Crippen LogP contribution in [0.1, 0.15) is 43.0 Å². The van der Waals surface area contributed by atoms with Gasteiger partial charge in [0, 0.05) is 27.9 Å². The number of hydrogen-bond acceptors (Lipinski definition) is 6. The first-order chi connectivity index (χ1) is 16.3. The minimum atomic E-state index is -0.192. The highest BCUT2D eigenvalue weighted by Gasteiger charge is 2.33. The molecule has 172 valence electrons. The van der Waals surface area contributed by atoms with Gasteiger partial charge in [-0.1, -0.05) is 41.6 Å². The number of nitrogens with zero attached hydrogens (tertiary/aromatic N) is 1. The Morgan fingerprint density at radius 1 is 1.00 bits per heavy atom. The molecule has 0 spiro atoms. The number of nitrogens with one attached hydrogen (secondary N) is 1. The molecule has 2 aliphatic rings. The molecule has 0 atom stereocenters. The fraction of sp³-hybridized carbons (Fsp3) is 0.179. The van der Waals surface area contributed by atoms with Crippen LogP contribution < -0.4 is 14.8 Å². The van der Waals surface area contributed by atoms with Gasteiger partial charge in [-0.15, -0.1) is 0 Å². The molecule has 0 unspecified atom stereocenters. The maximum absolute atomic E-state index is 10.5. The van der Waals surface area contributed by atoms with E-state index in [1.807, 2.05) is 36.4 Å². The van der Waals surface area contributed by atoms with Gasteiger partial charge in [-0.3, -0.25) is 0 Å². The number of hydrogen-bond donors (Lipinski definition) is 3. The Balaban J connectivity index is 1.84. The molecule has 2 heterocycles. The van der Waals surface area contributed by atoms with Crippen molar-refractivity contribution >= 4 is 29.3 Å². The summed E-state index contributed by atoms with van der Waals surface area (Å²) in [6, 6.07) is 15.0. The maximum atomic E-state index is 10.5. The number of ether oxygens (including phenoxy) is 2. The quantitative estimate of drug-likeness (QED) is 0.243. The Bertz CT molecular complexity index is 1400. The van der Waals surface area contributed by atoms with Crippen molar-refractivity contribution in [1.82, 2.24) is 0 Å². The molecule has 0 radical (unpaired) electrons. The molecule has 6 heteroatoms. The van der Waals surface area contributed by atoms with Crippen LogP contribution in [0.2, 0.25) is 0 Å². The summed E-state index contributed by atoms with van der Waals surface area (Å²) < 4.78 is 12.1. The van der Waals surface area contributed by atoms with Crippen molar-refractivity contribution in [3.8, 4) is 28.4 Å². The van der Waals surface area contributed by atoms with Crippen LogP contribution in [0.5, 0.6) is 17.2 Å². The molecule has 3 N–H and O–H groups in total. The zero-order valence-electron chi connectivity index (χ0n) is 19.5. The number of aromatic hydroxyl groups is 1. The van der Waals surface area contributed by atoms with Crippen molar-refractivity contribution in [2.45, 2.75) is 26.3 Å². The van der Waals surface area contributed by atoms with Crippen molar-refractivity contribution in [3.05, 3.63) is 76.9 Å². The zero-order chi connectivity index (χ0) is 24.0. The summed E-state index contributed by atoms with van der Waals surface area (Å²) in [6.07, 6.45) is 5.56. The minimum absolute atomic E-state index is 0.0528. The normalized spacial score (nSPS) is 16.7. The monoisotopic (exact) mass is 454 g/mol. The number of rotatable bonds is 3. The number of phenols is 1. The molecule has 0 saturated carbocycles. The van der Waals surface area contributed by atoms with Gasteiger partial charge >= 0.3 is 0 Å². The predicted octanol–water partition coefficient (Wildman–Crippen LogP) is 6.37. The smallest absolute Gasteiger partial charge is 0.172 e. The summed E-state index contributed by atoms with van der Waals surface area (Å²) in [5, 5.41) is 26.4. The predicted molar refractivity (Wildman–Crippen MR) is 136 cm³/mol. The van der Waals surface area contributed by atoms with Crippen LogP contribution >= 0.6 is 0 Å². The number of oxime groups is 1. The SMILES string of the molecule is COc1c(O)ccc2c1-c1ccc3c(c1/C(=C/c1ccccc1C=NO)O2)C(C)=CC(C)(C)N3. The number of fused-ring (bicyclic) bond motifs is 5. The molecular formula is C28H26N2O4. The lowest BCUT2D eigenvalue weighted by molar-refractivity contribution is 0.322. The highest BCUT2D eigenvalue weighted by atomic mass is 16.5. The largest absolute Gasteiger partial charge is 0.504 e. The molecule has 34 heavy (non-hydrogen) atoms. The molecule has 3 aromatic carbocycles. The van der Waals surface area contributed by atoms with Crippen LogP contribution in [0.3, 0.4) is 0 Å². The third-order valence-electron chi connectivity index (χ3n) is 6.15. The molecule has 0 aromatic heterocycles. The molecule has 2 aliphatic heterocycles. The number of phenolic OH excluding ortho intramolecular Hbond substituents is 1. The Morgan fingerprint density at radius 3 is 2.50 bits per heavy atom. The van der Waals surface area contributed by atoms with Gasteiger partial charge in [-0.2, -0.15) is 0 Å². The molecule has 0 bridgehead atoms. The minimum Gasteiger partial charge on any atom is -0.504 e. The lowest BCUT2D eigenvalue weighted by Crippen LogP contribution is -2.32. The van der Waals surface area contributed by atoms with E-state index in [9.17, 15) is 5.11 Å². The third kappa shape index (κ3) is 3.48. The summed E-state index contributed by atoms with van der Waals surface area (Å²) in [5.41, 5.74) is 7.09. The Hall–Kier alpha value is -4.19. The highest BCUT2D eigenvalue weighted by molar-refractivity contribution is 6.03. The van der Waals surface area contributed by atoms with Gasteiger partial charge in [0.1, 0.15) is 11.5 Å². The van der Waals surface area contributed by atoms with Crippen molar-refractivity contribution in [2.24, 2.45) is 5.16 Å². The first kappa shape index (κ1) is 21.6. The lowest BCUT2D eigenvalue weighted by atomic mass is 9.82. The van der Waals surface area contributed by atoms with E-state index >= 15 is 0 Å². The summed E-state index contributed by atoms with van der Waals surface area (Å²) >= 11 is 0. The summed E-state index contributed by atoms with van der Waals surface area (Å²) in [7, 11) is 1.54. The van der Waals surface area contributed by atoms with Gasteiger partial charge < -0.3 is 25.1 Å². The van der Waals surface area contributed by atoms with Crippen LogP contribution in [0.4, 0.5) is 5.69 Å². The van der Waals surface area contributed by atoms with Crippen LogP contribution in [0.15, 0.2) is 59.8 Å². The van der Waals surface area contributed by atoms with E-state index in [1.165, 1.54) is 6.21 Å².